The summed E-state index contributed by atoms with van der Waals surface area (Å²) in [5.41, 5.74) is 13.3. The second-order valence-electron chi connectivity index (χ2n) is 31.0. The summed E-state index contributed by atoms with van der Waals surface area (Å²) in [6.07, 6.45) is 16.3. The first-order valence-electron chi connectivity index (χ1n) is 39.8. The summed E-state index contributed by atoms with van der Waals surface area (Å²) in [5.74, 6) is 2.25. The van der Waals surface area contributed by atoms with Crippen molar-refractivity contribution in [1.29, 1.82) is 0 Å². The van der Waals surface area contributed by atoms with Crippen LogP contribution < -0.4 is 35.4 Å². The largest absolute Gasteiger partial charge is 0.506 e. The molecule has 0 spiro atoms. The molecule has 29 nitrogen and oxygen atoms in total. The quantitative estimate of drug-likeness (QED) is 0.0177. The van der Waals surface area contributed by atoms with Crippen molar-refractivity contribution in [2.75, 3.05) is 199 Å². The number of carbonyl (C=O) groups excluding carboxylic acids is 3. The fourth-order valence-electron chi connectivity index (χ4n) is 14.1. The maximum absolute atomic E-state index is 12.6. The third-order valence-corrected chi connectivity index (χ3v) is 22.0. The van der Waals surface area contributed by atoms with Gasteiger partial charge in [-0.15, -0.1) is 0 Å². The lowest BCUT2D eigenvalue weighted by molar-refractivity contribution is -0.114. The summed E-state index contributed by atoms with van der Waals surface area (Å²) in [6.45, 7) is 13.2. The lowest BCUT2D eigenvalue weighted by Crippen LogP contribution is -2.44. The Bertz CT molecular complexity index is 5520. The molecule has 3 fully saturated rings. The zero-order valence-electron chi connectivity index (χ0n) is 69.5. The van der Waals surface area contributed by atoms with E-state index in [9.17, 15) is 19.5 Å². The monoisotopic (exact) mass is 1710 g/mol. The molecule has 7 N–H and O–H groups in total. The number of aromatic hydroxyl groups is 1. The average molecular weight is 1720 g/mol. The zero-order valence-corrected chi connectivity index (χ0v) is 72.5. The lowest BCUT2D eigenvalue weighted by Gasteiger charge is -2.34. The topological polar surface area (TPSA) is 309 Å². The minimum Gasteiger partial charge on any atom is -0.506 e. The average Bonchev–Trinajstić information content (AvgIpc) is 1.74. The van der Waals surface area contributed by atoms with Gasteiger partial charge in [-0.3, -0.25) is 29.7 Å². The van der Waals surface area contributed by atoms with Gasteiger partial charge in [-0.2, -0.15) is 30.2 Å². The van der Waals surface area contributed by atoms with Crippen LogP contribution in [0.15, 0.2) is 164 Å². The molecule has 0 radical (unpaired) electrons. The molecule has 3 aliphatic heterocycles. The predicted molar refractivity (Wildman–Crippen MR) is 487 cm³/mol. The molecular weight excluding hydrogens is 1610 g/mol. The van der Waals surface area contributed by atoms with E-state index in [1.165, 1.54) is 0 Å². The Labute approximate surface area is 723 Å². The number of ketones is 3. The van der Waals surface area contributed by atoms with E-state index in [0.29, 0.717) is 114 Å². The molecule has 0 bridgehead atoms. The Morgan fingerprint density at radius 3 is 1.08 bits per heavy atom. The molecular formula is C88H100Cl4N24O5. The van der Waals surface area contributed by atoms with Gasteiger partial charge >= 0.3 is 0 Å². The second kappa shape index (κ2) is 40.7. The Kier molecular flexibility index (Phi) is 29.4. The van der Waals surface area contributed by atoms with Gasteiger partial charge in [0, 0.05) is 151 Å². The summed E-state index contributed by atoms with van der Waals surface area (Å²) >= 11 is 26.6. The number of carbonyl (C=O) groups is 3. The number of fused-ring (bicyclic) bond motifs is 3. The Morgan fingerprint density at radius 1 is 0.413 bits per heavy atom. The summed E-state index contributed by atoms with van der Waals surface area (Å²) in [6, 6.07) is 33.8. The van der Waals surface area contributed by atoms with E-state index in [-0.39, 0.29) is 42.4 Å². The molecule has 0 atom stereocenters. The number of benzene rings is 6. The van der Waals surface area contributed by atoms with E-state index >= 15 is 0 Å². The van der Waals surface area contributed by atoms with Gasteiger partial charge < -0.3 is 69.9 Å². The number of ether oxygens (including phenoxy) is 1. The van der Waals surface area contributed by atoms with Gasteiger partial charge in [-0.25, -0.2) is 15.0 Å². The van der Waals surface area contributed by atoms with Crippen LogP contribution in [-0.4, -0.2) is 281 Å². The minimum absolute atomic E-state index is 0.0112. The van der Waals surface area contributed by atoms with Crippen molar-refractivity contribution < 1.29 is 24.2 Å². The molecule has 33 heteroatoms. The molecule has 3 saturated heterocycles. The maximum Gasteiger partial charge on any atom is 0.229 e. The van der Waals surface area contributed by atoms with Crippen LogP contribution in [0.5, 0.6) is 11.5 Å². The van der Waals surface area contributed by atoms with E-state index in [1.807, 2.05) is 148 Å². The Morgan fingerprint density at radius 2 is 0.727 bits per heavy atom. The van der Waals surface area contributed by atoms with Crippen LogP contribution in [0, 0.1) is 0 Å². The number of nitrogens with one attached hydrogen (secondary N) is 6. The van der Waals surface area contributed by atoms with Gasteiger partial charge in [-0.05, 0) is 189 Å². The number of hydrogen-bond donors (Lipinski definition) is 7. The number of phenols is 1. The van der Waals surface area contributed by atoms with Crippen LogP contribution in [0.3, 0.4) is 0 Å². The van der Waals surface area contributed by atoms with Crippen LogP contribution in [0.4, 0.5) is 52.0 Å². The normalized spacial score (nSPS) is 14.4. The van der Waals surface area contributed by atoms with Crippen molar-refractivity contribution in [3.63, 3.8) is 0 Å². The molecule has 6 aromatic heterocycles. The molecule has 12 aromatic rings. The van der Waals surface area contributed by atoms with Gasteiger partial charge in [0.1, 0.15) is 11.5 Å². The summed E-state index contributed by atoms with van der Waals surface area (Å²) in [7, 11) is 19.8. The number of nitrogens with zero attached hydrogens (tertiary/aromatic N) is 18. The van der Waals surface area contributed by atoms with E-state index in [0.717, 1.165) is 146 Å². The first-order valence-corrected chi connectivity index (χ1v) is 41.3. The van der Waals surface area contributed by atoms with Crippen LogP contribution in [0.25, 0.3) is 66.9 Å². The number of anilines is 9. The lowest BCUT2D eigenvalue weighted by atomic mass is 10.0. The minimum atomic E-state index is 0.0112. The van der Waals surface area contributed by atoms with Gasteiger partial charge in [-0.1, -0.05) is 82.8 Å². The number of aromatic nitrogens is 12. The van der Waals surface area contributed by atoms with Gasteiger partial charge in [0.05, 0.1) is 96.1 Å². The number of methoxy groups -OCH3 is 1. The molecule has 9 heterocycles. The zero-order chi connectivity index (χ0) is 85.4. The summed E-state index contributed by atoms with van der Waals surface area (Å²) in [5, 5.41) is 46.3. The van der Waals surface area contributed by atoms with Gasteiger partial charge in [0.25, 0.3) is 0 Å². The molecule has 0 amide bonds. The number of phenolic OH excluding ortho intramolecular Hbond substituents is 1. The fraction of sp³-hybridized carbons (Fsp3) is 0.318. The highest BCUT2D eigenvalue weighted by molar-refractivity contribution is 6.35. The highest BCUT2D eigenvalue weighted by Crippen LogP contribution is 2.40. The molecule has 3 aliphatic rings. The van der Waals surface area contributed by atoms with Crippen LogP contribution in [0.2, 0.25) is 20.1 Å². The number of piperazine rings is 3. The van der Waals surface area contributed by atoms with E-state index in [1.54, 1.807) is 74.3 Å². The molecule has 6 aromatic carbocycles. The molecule has 0 unspecified atom stereocenters. The highest BCUT2D eigenvalue weighted by atomic mass is 35.5. The predicted octanol–water partition coefficient (Wildman–Crippen LogP) is 13.6. The summed E-state index contributed by atoms with van der Waals surface area (Å²) < 4.78 is 5.67. The number of allylic oxidation sites excluding steroid dienone is 3. The van der Waals surface area contributed by atoms with Gasteiger partial charge in [0.2, 0.25) is 17.8 Å². The number of hydrogen-bond acceptors (Lipinski definition) is 26. The second-order valence-corrected chi connectivity index (χ2v) is 32.6. The molecule has 15 rings (SSSR count). The van der Waals surface area contributed by atoms with E-state index < -0.39 is 0 Å². The van der Waals surface area contributed by atoms with Crippen LogP contribution in [0.1, 0.15) is 16.7 Å². The molecule has 0 saturated carbocycles. The SMILES string of the molecule is CN(C)C/C=C/C(=O)Cc1ccc(Cl)c(-c2nc(Nc3ccc(Cl)c(N4CCN(C)CC4)c3)nc3[nH]ncc23)c1.CN(C)C/C=C/C(=O)Cc1ccc(Cl)c(-c2nc(Nc3ccc(O)c(N4CCN(C)CC4)c3)nc3[nH]ncc23)c1.COc1ccc(Nc2nc(-c3cc(CC(=O)/C=C/CN(C)C)ccc3Cl)c3cn[nH]c3n2)cc1N1CCN(C)CC1. The van der Waals surface area contributed by atoms with E-state index in [2.05, 4.69) is 118 Å². The number of aromatic amines is 3. The van der Waals surface area contributed by atoms with Crippen molar-refractivity contribution in [2.24, 2.45) is 0 Å². The Hall–Kier alpha value is -11.5. The van der Waals surface area contributed by atoms with Crippen LogP contribution in [-0.2, 0) is 33.6 Å². The molecule has 0 aliphatic carbocycles. The smallest absolute Gasteiger partial charge is 0.229 e. The number of halogens is 4. The van der Waals surface area contributed by atoms with Crippen molar-refractivity contribution >= 4 is 149 Å². The fourth-order valence-corrected chi connectivity index (χ4v) is 14.9. The van der Waals surface area contributed by atoms with Crippen molar-refractivity contribution in [3.05, 3.63) is 201 Å². The third-order valence-electron chi connectivity index (χ3n) is 20.6. The number of likely N-dealkylation sites (N-methyl/N-ethyl adjacent to an activating group) is 6. The first-order chi connectivity index (χ1) is 58.3. The molecule has 121 heavy (non-hydrogen) atoms. The van der Waals surface area contributed by atoms with Crippen LogP contribution >= 0.6 is 46.4 Å². The van der Waals surface area contributed by atoms with Crippen molar-refractivity contribution in [1.82, 2.24) is 89.9 Å². The standard InChI is InChI=1S/C30H35ClN8O2.C29H32Cl2N8O.C29H33ClN8O2/c1-37(2)11-5-6-22(40)16-20-7-9-25(31)23(17-20)28-24-19-32-36-29(24)35-30(34-28)33-21-8-10-27(41-4)26(18-21)39-14-12-38(3)13-15-39;1-37(2)10-4-5-21(40)15-19-6-8-24(30)22(16-19)27-23-18-32-36-28(23)35-29(34-27)33-20-7-9-25(31)26(17-20)39-13-11-38(3)12-14-39;1-36(2)10-4-5-21(39)15-19-6-8-24(30)22(16-19)27-23-18-31-35-28(23)34-29(33-27)32-20-7-9-26(40)25(17-20)38-13-11-37(3)12-14-38/h5-10,17-19H,11-16H2,1-4H3,(H2,32,33,34,35,36);4-9,16-18H,10-15H2,1-3H3,(H2,32,33,34,35,36);4-9,16-18,40H,10-15H2,1-3H3,(H2,31,32,33,34,35)/b6-5+;2*5-4+. The first kappa shape index (κ1) is 87.3. The Balaban J connectivity index is 0.000000157. The number of rotatable bonds is 28. The van der Waals surface area contributed by atoms with E-state index in [4.69, 9.17) is 66.1 Å². The third kappa shape index (κ3) is 23.2. The highest BCUT2D eigenvalue weighted by Gasteiger charge is 2.25. The molecule has 630 valence electrons. The van der Waals surface area contributed by atoms with Crippen molar-refractivity contribution in [2.45, 2.75) is 19.3 Å². The van der Waals surface area contributed by atoms with Crippen molar-refractivity contribution in [3.8, 4) is 45.3 Å². The maximum atomic E-state index is 12.6. The number of H-pyrrole nitrogens is 3. The summed E-state index contributed by atoms with van der Waals surface area (Å²) in [4.78, 5) is 85.7. The van der Waals surface area contributed by atoms with Gasteiger partial charge in [0.15, 0.2) is 34.3 Å².